The second kappa shape index (κ2) is 10.4. The van der Waals surface area contributed by atoms with Gasteiger partial charge in [-0.3, -0.25) is 9.52 Å². The molecule has 0 saturated carbocycles. The summed E-state index contributed by atoms with van der Waals surface area (Å²) in [5.41, 5.74) is 3.07. The first-order chi connectivity index (χ1) is 16.7. The number of amides is 1. The molecule has 3 aromatic rings. The van der Waals surface area contributed by atoms with Crippen LogP contribution in [0.15, 0.2) is 71.6 Å². The summed E-state index contributed by atoms with van der Waals surface area (Å²) in [6.45, 7) is 5.92. The molecule has 35 heavy (non-hydrogen) atoms. The zero-order valence-corrected chi connectivity index (χ0v) is 20.5. The van der Waals surface area contributed by atoms with Crippen LogP contribution in [-0.2, 0) is 14.8 Å². The molecule has 0 atom stereocenters. The minimum absolute atomic E-state index is 0.117. The molecule has 1 heterocycles. The molecule has 9 heteroatoms. The number of hydrogen-bond acceptors (Lipinski definition) is 5. The Bertz CT molecular complexity index is 1290. The van der Waals surface area contributed by atoms with Crippen LogP contribution < -0.4 is 14.4 Å². The number of hydrogen-bond donors (Lipinski definition) is 1. The molecule has 1 aliphatic rings. The normalized spacial score (nSPS) is 14.0. The monoisotopic (exact) mass is 497 g/mol. The van der Waals surface area contributed by atoms with Gasteiger partial charge in [-0.25, -0.2) is 12.8 Å². The van der Waals surface area contributed by atoms with Gasteiger partial charge in [-0.15, -0.1) is 0 Å². The van der Waals surface area contributed by atoms with Crippen LogP contribution in [-0.4, -0.2) is 52.0 Å². The molecule has 0 radical (unpaired) electrons. The first-order valence-corrected chi connectivity index (χ1v) is 12.8. The summed E-state index contributed by atoms with van der Waals surface area (Å²) in [6.07, 6.45) is 0. The summed E-state index contributed by atoms with van der Waals surface area (Å²) >= 11 is 0. The Hall–Kier alpha value is -3.59. The SMILES string of the molecule is Cc1ccc(NS(=O)(=O)c2ccc(OCC(=O)N3CCN(c4ccc(F)cc4)CC3)c(C)c2)cc1. The van der Waals surface area contributed by atoms with Crippen LogP contribution >= 0.6 is 0 Å². The van der Waals surface area contributed by atoms with E-state index in [1.54, 1.807) is 42.2 Å². The van der Waals surface area contributed by atoms with E-state index in [1.807, 2.05) is 19.1 Å². The molecule has 1 fully saturated rings. The van der Waals surface area contributed by atoms with Crippen LogP contribution in [0.3, 0.4) is 0 Å². The molecular weight excluding hydrogens is 469 g/mol. The molecule has 7 nitrogen and oxygen atoms in total. The molecule has 1 aliphatic heterocycles. The van der Waals surface area contributed by atoms with Crippen LogP contribution in [0.2, 0.25) is 0 Å². The summed E-state index contributed by atoms with van der Waals surface area (Å²) in [4.78, 5) is 16.6. The summed E-state index contributed by atoms with van der Waals surface area (Å²) in [5.74, 6) is 0.0432. The molecule has 1 N–H and O–H groups in total. The maximum Gasteiger partial charge on any atom is 0.261 e. The lowest BCUT2D eigenvalue weighted by atomic mass is 10.2. The number of ether oxygens (including phenoxy) is 1. The highest BCUT2D eigenvalue weighted by Crippen LogP contribution is 2.24. The van der Waals surface area contributed by atoms with Gasteiger partial charge in [0.25, 0.3) is 15.9 Å². The lowest BCUT2D eigenvalue weighted by molar-refractivity contribution is -0.133. The predicted molar refractivity (Wildman–Crippen MR) is 134 cm³/mol. The largest absolute Gasteiger partial charge is 0.483 e. The van der Waals surface area contributed by atoms with Crippen molar-refractivity contribution in [1.82, 2.24) is 4.90 Å². The van der Waals surface area contributed by atoms with Crippen molar-refractivity contribution in [1.29, 1.82) is 0 Å². The highest BCUT2D eigenvalue weighted by Gasteiger charge is 2.22. The van der Waals surface area contributed by atoms with E-state index < -0.39 is 10.0 Å². The van der Waals surface area contributed by atoms with Crippen molar-refractivity contribution in [2.75, 3.05) is 42.4 Å². The maximum absolute atomic E-state index is 13.1. The Morgan fingerprint density at radius 2 is 1.60 bits per heavy atom. The van der Waals surface area contributed by atoms with Gasteiger partial charge in [0.2, 0.25) is 0 Å². The number of nitrogens with one attached hydrogen (secondary N) is 1. The number of aryl methyl sites for hydroxylation is 2. The summed E-state index contributed by atoms with van der Waals surface area (Å²) in [5, 5.41) is 0. The van der Waals surface area contributed by atoms with E-state index in [1.165, 1.54) is 24.3 Å². The molecule has 0 aromatic heterocycles. The van der Waals surface area contributed by atoms with E-state index in [2.05, 4.69) is 9.62 Å². The summed E-state index contributed by atoms with van der Waals surface area (Å²) < 4.78 is 46.9. The van der Waals surface area contributed by atoms with E-state index in [0.717, 1.165) is 11.3 Å². The predicted octanol–water partition coefficient (Wildman–Crippen LogP) is 3.97. The van der Waals surface area contributed by atoms with Gasteiger partial charge < -0.3 is 14.5 Å². The van der Waals surface area contributed by atoms with Crippen LogP contribution in [0, 0.1) is 19.7 Å². The summed E-state index contributed by atoms with van der Waals surface area (Å²) in [6, 6.07) is 18.0. The van der Waals surface area contributed by atoms with Gasteiger partial charge in [0.1, 0.15) is 11.6 Å². The third-order valence-electron chi connectivity index (χ3n) is 5.94. The second-order valence-corrected chi connectivity index (χ2v) is 10.2. The smallest absolute Gasteiger partial charge is 0.261 e. The molecule has 4 rings (SSSR count). The highest BCUT2D eigenvalue weighted by atomic mass is 32.2. The number of piperazine rings is 1. The standard InChI is InChI=1S/C26H28FN3O4S/c1-19-3-7-22(8-4-19)28-35(32,33)24-11-12-25(20(2)17-24)34-18-26(31)30-15-13-29(14-16-30)23-9-5-21(27)6-10-23/h3-12,17,28H,13-16,18H2,1-2H3. The van der Waals surface area contributed by atoms with Crippen molar-refractivity contribution in [3.8, 4) is 5.75 Å². The van der Waals surface area contributed by atoms with E-state index >= 15 is 0 Å². The first kappa shape index (κ1) is 24.5. The number of rotatable bonds is 7. The van der Waals surface area contributed by atoms with E-state index in [-0.39, 0.29) is 23.2 Å². The number of benzene rings is 3. The lowest BCUT2D eigenvalue weighted by Crippen LogP contribution is -2.50. The molecule has 0 unspecified atom stereocenters. The Morgan fingerprint density at radius 1 is 0.943 bits per heavy atom. The molecule has 1 amide bonds. The molecular formula is C26H28FN3O4S. The molecule has 3 aromatic carbocycles. The van der Waals surface area contributed by atoms with Crippen LogP contribution in [0.5, 0.6) is 5.75 Å². The Labute approximate surface area is 205 Å². The fraction of sp³-hybridized carbons (Fsp3) is 0.269. The fourth-order valence-electron chi connectivity index (χ4n) is 3.88. The minimum Gasteiger partial charge on any atom is -0.483 e. The number of nitrogens with zero attached hydrogens (tertiary/aromatic N) is 2. The van der Waals surface area contributed by atoms with Crippen molar-refractivity contribution in [2.24, 2.45) is 0 Å². The van der Waals surface area contributed by atoms with Crippen molar-refractivity contribution >= 4 is 27.3 Å². The molecule has 184 valence electrons. The minimum atomic E-state index is -3.75. The lowest BCUT2D eigenvalue weighted by Gasteiger charge is -2.36. The zero-order valence-electron chi connectivity index (χ0n) is 19.7. The molecule has 0 bridgehead atoms. The quantitative estimate of drug-likeness (QED) is 0.535. The van der Waals surface area contributed by atoms with Crippen molar-refractivity contribution in [3.63, 3.8) is 0 Å². The van der Waals surface area contributed by atoms with Crippen molar-refractivity contribution in [3.05, 3.63) is 83.7 Å². The third-order valence-corrected chi connectivity index (χ3v) is 7.31. The Balaban J connectivity index is 1.31. The topological polar surface area (TPSA) is 78.9 Å². The van der Waals surface area contributed by atoms with E-state index in [0.29, 0.717) is 43.2 Å². The Kier molecular flexibility index (Phi) is 7.25. The van der Waals surface area contributed by atoms with Gasteiger partial charge in [-0.05, 0) is 74.0 Å². The molecule has 1 saturated heterocycles. The second-order valence-electron chi connectivity index (χ2n) is 8.53. The van der Waals surface area contributed by atoms with Crippen LogP contribution in [0.1, 0.15) is 11.1 Å². The first-order valence-electron chi connectivity index (χ1n) is 11.3. The van der Waals surface area contributed by atoms with Crippen LogP contribution in [0.25, 0.3) is 0 Å². The number of anilines is 2. The van der Waals surface area contributed by atoms with Gasteiger partial charge >= 0.3 is 0 Å². The van der Waals surface area contributed by atoms with Gasteiger partial charge in [-0.2, -0.15) is 0 Å². The molecule has 0 spiro atoms. The van der Waals surface area contributed by atoms with E-state index in [9.17, 15) is 17.6 Å². The third kappa shape index (κ3) is 6.10. The van der Waals surface area contributed by atoms with Gasteiger partial charge in [0.05, 0.1) is 4.90 Å². The van der Waals surface area contributed by atoms with Crippen LogP contribution in [0.4, 0.5) is 15.8 Å². The molecule has 0 aliphatic carbocycles. The van der Waals surface area contributed by atoms with E-state index in [4.69, 9.17) is 4.74 Å². The maximum atomic E-state index is 13.1. The van der Waals surface area contributed by atoms with Gasteiger partial charge in [0, 0.05) is 37.6 Å². The zero-order chi connectivity index (χ0) is 25.0. The van der Waals surface area contributed by atoms with Crippen molar-refractivity contribution in [2.45, 2.75) is 18.7 Å². The highest BCUT2D eigenvalue weighted by molar-refractivity contribution is 7.92. The fourth-order valence-corrected chi connectivity index (χ4v) is 5.03. The van der Waals surface area contributed by atoms with Gasteiger partial charge in [-0.1, -0.05) is 17.7 Å². The van der Waals surface area contributed by atoms with Gasteiger partial charge in [0.15, 0.2) is 6.61 Å². The average molecular weight is 498 g/mol. The number of carbonyl (C=O) groups excluding carboxylic acids is 1. The number of sulfonamides is 1. The Morgan fingerprint density at radius 3 is 2.23 bits per heavy atom. The van der Waals surface area contributed by atoms with Crippen molar-refractivity contribution < 1.29 is 22.3 Å². The number of carbonyl (C=O) groups is 1. The average Bonchev–Trinajstić information content (AvgIpc) is 2.85. The number of halogens is 1. The summed E-state index contributed by atoms with van der Waals surface area (Å²) in [7, 11) is -3.75.